The topological polar surface area (TPSA) is 117 Å². The van der Waals surface area contributed by atoms with E-state index in [1.807, 2.05) is 0 Å². The third kappa shape index (κ3) is 5.63. The van der Waals surface area contributed by atoms with E-state index in [0.717, 1.165) is 5.56 Å². The Morgan fingerprint density at radius 1 is 1.10 bits per heavy atom. The summed E-state index contributed by atoms with van der Waals surface area (Å²) < 4.78 is 60.8. The molecule has 0 unspecified atom stereocenters. The fourth-order valence-corrected chi connectivity index (χ4v) is 6.04. The van der Waals surface area contributed by atoms with Crippen LogP contribution < -0.4 is 10.0 Å². The van der Waals surface area contributed by atoms with E-state index in [1.165, 1.54) is 55.8 Å². The number of aromatic nitrogens is 2. The molecule has 3 heterocycles. The Morgan fingerprint density at radius 3 is 2.50 bits per heavy atom. The second-order valence-corrected chi connectivity index (χ2v) is 11.3. The molecule has 0 bridgehead atoms. The van der Waals surface area contributed by atoms with Gasteiger partial charge in [-0.05, 0) is 55.5 Å². The number of hydrogen-bond donors (Lipinski definition) is 2. The van der Waals surface area contributed by atoms with Crippen LogP contribution >= 0.6 is 11.6 Å². The molecule has 40 heavy (non-hydrogen) atoms. The fourth-order valence-electron chi connectivity index (χ4n) is 4.70. The zero-order chi connectivity index (χ0) is 28.4. The number of carbonyl (C=O) groups is 1. The highest BCUT2D eigenvalue weighted by molar-refractivity contribution is 7.92. The van der Waals surface area contributed by atoms with Gasteiger partial charge in [0.1, 0.15) is 17.9 Å². The van der Waals surface area contributed by atoms with Crippen molar-refractivity contribution in [3.63, 3.8) is 0 Å². The first kappa shape index (κ1) is 27.5. The van der Waals surface area contributed by atoms with E-state index >= 15 is 0 Å². The molecule has 5 rings (SSSR count). The van der Waals surface area contributed by atoms with Crippen molar-refractivity contribution in [1.82, 2.24) is 15.0 Å². The summed E-state index contributed by atoms with van der Waals surface area (Å²) in [5, 5.41) is 5.94. The molecule has 9 nitrogen and oxygen atoms in total. The summed E-state index contributed by atoms with van der Waals surface area (Å²) in [7, 11) is -4.24. The summed E-state index contributed by atoms with van der Waals surface area (Å²) in [4.78, 5) is 19.5. The van der Waals surface area contributed by atoms with Crippen LogP contribution in [-0.2, 0) is 10.0 Å². The molecule has 0 aliphatic carbocycles. The third-order valence-corrected chi connectivity index (χ3v) is 8.56. The second kappa shape index (κ2) is 11.2. The monoisotopic (exact) mass is 587 g/mol. The Kier molecular flexibility index (Phi) is 7.72. The van der Waals surface area contributed by atoms with Gasteiger partial charge in [-0.25, -0.2) is 13.8 Å². The summed E-state index contributed by atoms with van der Waals surface area (Å²) in [6.07, 6.45) is 3.71. The van der Waals surface area contributed by atoms with E-state index in [-0.39, 0.29) is 56.0 Å². The number of likely N-dealkylation sites (tertiary alicyclic amines) is 1. The largest absolute Gasteiger partial charge is 0.363 e. The first-order valence-corrected chi connectivity index (χ1v) is 14.2. The summed E-state index contributed by atoms with van der Waals surface area (Å²) >= 11 is 6.16. The van der Waals surface area contributed by atoms with Crippen LogP contribution in [-0.4, -0.2) is 42.5 Å². The molecular formula is C27H24ClF2N5O4S. The van der Waals surface area contributed by atoms with Gasteiger partial charge in [-0.2, -0.15) is 8.42 Å². The fraction of sp³-hybridized carbons (Fsp3) is 0.222. The molecule has 2 aromatic heterocycles. The van der Waals surface area contributed by atoms with E-state index in [2.05, 4.69) is 24.7 Å². The molecule has 1 fully saturated rings. The predicted octanol–water partition coefficient (Wildman–Crippen LogP) is 5.87. The van der Waals surface area contributed by atoms with Crippen molar-refractivity contribution in [2.24, 2.45) is 0 Å². The van der Waals surface area contributed by atoms with Crippen molar-refractivity contribution in [1.29, 1.82) is 0 Å². The zero-order valence-corrected chi connectivity index (χ0v) is 22.8. The van der Waals surface area contributed by atoms with Gasteiger partial charge < -0.3 is 14.7 Å². The molecule has 1 aliphatic rings. The van der Waals surface area contributed by atoms with Crippen molar-refractivity contribution < 1.29 is 26.5 Å². The summed E-state index contributed by atoms with van der Waals surface area (Å²) in [5.74, 6) is -1.25. The average Bonchev–Trinajstić information content (AvgIpc) is 3.44. The van der Waals surface area contributed by atoms with Crippen molar-refractivity contribution in [3.8, 4) is 0 Å². The number of hydrogen-bond acceptors (Lipinski definition) is 7. The minimum absolute atomic E-state index is 0.0481. The van der Waals surface area contributed by atoms with Crippen molar-refractivity contribution >= 4 is 44.7 Å². The number of amides is 1. The smallest absolute Gasteiger partial charge is 0.280 e. The van der Waals surface area contributed by atoms with Gasteiger partial charge in [-0.1, -0.05) is 35.0 Å². The Balaban J connectivity index is 1.47. The molecule has 0 spiro atoms. The molecule has 2 aromatic carbocycles. The van der Waals surface area contributed by atoms with Gasteiger partial charge in [0, 0.05) is 30.9 Å². The summed E-state index contributed by atoms with van der Waals surface area (Å²) in [5.41, 5.74) is 1.48. The molecule has 2 N–H and O–H groups in total. The number of sulfonamides is 1. The van der Waals surface area contributed by atoms with E-state index in [0.29, 0.717) is 25.9 Å². The van der Waals surface area contributed by atoms with Crippen LogP contribution in [0.2, 0.25) is 5.02 Å². The van der Waals surface area contributed by atoms with Gasteiger partial charge in [-0.3, -0.25) is 9.52 Å². The molecule has 0 saturated carbocycles. The Morgan fingerprint density at radius 2 is 1.82 bits per heavy atom. The van der Waals surface area contributed by atoms with Gasteiger partial charge in [0.2, 0.25) is 0 Å². The molecule has 0 radical (unpaired) electrons. The molecule has 0 atom stereocenters. The third-order valence-electron chi connectivity index (χ3n) is 6.77. The van der Waals surface area contributed by atoms with Crippen molar-refractivity contribution in [2.75, 3.05) is 23.1 Å². The van der Waals surface area contributed by atoms with Crippen LogP contribution in [0.4, 0.5) is 26.0 Å². The second-order valence-electron chi connectivity index (χ2n) is 9.31. The standard InChI is InChI=1S/C27H24ClF2N5O4S/c1-16-25(32-22-4-2-3-21(30)24(22)28)20(15-31-26(16)40(37,38)34-23-11-14-39-33-23)27(36)35-12-9-18(10-13-35)17-5-7-19(29)8-6-17/h2-8,11,14-15,18H,9-10,12-13H2,1H3,(H,31,32)(H,33,34). The van der Waals surface area contributed by atoms with Crippen molar-refractivity contribution in [3.05, 3.63) is 94.3 Å². The quantitative estimate of drug-likeness (QED) is 0.277. The Bertz CT molecular complexity index is 1640. The molecule has 208 valence electrons. The number of carbonyl (C=O) groups excluding carboxylic acids is 1. The number of anilines is 3. The number of nitrogens with zero attached hydrogens (tertiary/aromatic N) is 3. The van der Waals surface area contributed by atoms with Gasteiger partial charge in [0.15, 0.2) is 10.8 Å². The highest BCUT2D eigenvalue weighted by atomic mass is 35.5. The zero-order valence-electron chi connectivity index (χ0n) is 21.2. The maximum absolute atomic E-state index is 14.2. The van der Waals surface area contributed by atoms with Crippen LogP contribution in [0.5, 0.6) is 0 Å². The predicted molar refractivity (Wildman–Crippen MR) is 145 cm³/mol. The normalized spacial score (nSPS) is 14.2. The number of rotatable bonds is 7. The van der Waals surface area contributed by atoms with Crippen LogP contribution in [0.1, 0.15) is 40.2 Å². The van der Waals surface area contributed by atoms with Crippen LogP contribution in [0, 0.1) is 18.6 Å². The average molecular weight is 588 g/mol. The molecule has 1 amide bonds. The van der Waals surface area contributed by atoms with Gasteiger partial charge in [0.05, 0.1) is 22.0 Å². The molecule has 1 aliphatic heterocycles. The molecule has 4 aromatic rings. The van der Waals surface area contributed by atoms with Gasteiger partial charge in [-0.15, -0.1) is 0 Å². The first-order chi connectivity index (χ1) is 19.1. The summed E-state index contributed by atoms with van der Waals surface area (Å²) in [6.45, 7) is 2.33. The van der Waals surface area contributed by atoms with Crippen LogP contribution in [0.15, 0.2) is 70.5 Å². The molecule has 13 heteroatoms. The lowest BCUT2D eigenvalue weighted by atomic mass is 9.89. The van der Waals surface area contributed by atoms with Crippen LogP contribution in [0.3, 0.4) is 0 Å². The first-order valence-electron chi connectivity index (χ1n) is 12.3. The van der Waals surface area contributed by atoms with Gasteiger partial charge >= 0.3 is 0 Å². The lowest BCUT2D eigenvalue weighted by Crippen LogP contribution is -2.38. The lowest BCUT2D eigenvalue weighted by Gasteiger charge is -2.33. The van der Waals surface area contributed by atoms with E-state index in [4.69, 9.17) is 11.6 Å². The molecule has 1 saturated heterocycles. The van der Waals surface area contributed by atoms with Crippen molar-refractivity contribution in [2.45, 2.75) is 30.7 Å². The number of nitrogens with one attached hydrogen (secondary N) is 2. The van der Waals surface area contributed by atoms with E-state index in [9.17, 15) is 22.0 Å². The highest BCUT2D eigenvalue weighted by Crippen LogP contribution is 2.35. The Labute approximate surface area is 234 Å². The minimum Gasteiger partial charge on any atom is -0.363 e. The maximum atomic E-state index is 14.2. The number of benzene rings is 2. The number of pyridine rings is 1. The Hall–Kier alpha value is -4.03. The summed E-state index contributed by atoms with van der Waals surface area (Å²) in [6, 6.07) is 11.8. The number of halogens is 3. The van der Waals surface area contributed by atoms with Crippen LogP contribution in [0.25, 0.3) is 0 Å². The molecular weight excluding hydrogens is 564 g/mol. The van der Waals surface area contributed by atoms with Gasteiger partial charge in [0.25, 0.3) is 15.9 Å². The van der Waals surface area contributed by atoms with E-state index < -0.39 is 15.8 Å². The van der Waals surface area contributed by atoms with E-state index in [1.54, 1.807) is 17.0 Å². The lowest BCUT2D eigenvalue weighted by molar-refractivity contribution is 0.0713. The highest BCUT2D eigenvalue weighted by Gasteiger charge is 2.30. The SMILES string of the molecule is Cc1c(S(=O)(=O)Nc2ccon2)ncc(C(=O)N2CCC(c3ccc(F)cc3)CC2)c1Nc1cccc(F)c1Cl. The minimum atomic E-state index is -4.24. The number of piperidine rings is 1. The maximum Gasteiger partial charge on any atom is 0.280 e.